The first-order chi connectivity index (χ1) is 7.93. The van der Waals surface area contributed by atoms with Crippen LogP contribution in [0.4, 0.5) is 0 Å². The highest BCUT2D eigenvalue weighted by Crippen LogP contribution is 2.23. The van der Waals surface area contributed by atoms with Gasteiger partial charge in [0, 0.05) is 11.9 Å². The molecule has 2 atom stereocenters. The number of hydrogen-bond acceptors (Lipinski definition) is 4. The summed E-state index contributed by atoms with van der Waals surface area (Å²) in [4.78, 5) is 24.9. The van der Waals surface area contributed by atoms with Crippen LogP contribution in [0, 0.1) is 0 Å². The van der Waals surface area contributed by atoms with E-state index in [-0.39, 0.29) is 18.4 Å². The van der Waals surface area contributed by atoms with Crippen molar-refractivity contribution in [1.29, 1.82) is 0 Å². The van der Waals surface area contributed by atoms with E-state index in [0.29, 0.717) is 0 Å². The van der Waals surface area contributed by atoms with Crippen LogP contribution in [0.1, 0.15) is 24.3 Å². The molecule has 1 aromatic heterocycles. The molecule has 3 N–H and O–H groups in total. The summed E-state index contributed by atoms with van der Waals surface area (Å²) in [5.41, 5.74) is 5.54. The summed E-state index contributed by atoms with van der Waals surface area (Å²) in [7, 11) is 1.63. The number of rotatable bonds is 5. The Labute approximate surface area is 104 Å². The third kappa shape index (κ3) is 3.54. The van der Waals surface area contributed by atoms with Crippen LogP contribution in [0.3, 0.4) is 0 Å². The van der Waals surface area contributed by atoms with Crippen molar-refractivity contribution in [3.63, 3.8) is 0 Å². The van der Waals surface area contributed by atoms with Gasteiger partial charge < -0.3 is 15.7 Å². The lowest BCUT2D eigenvalue weighted by molar-refractivity contribution is -0.142. The van der Waals surface area contributed by atoms with Crippen molar-refractivity contribution in [2.75, 3.05) is 7.05 Å². The monoisotopic (exact) mass is 256 g/mol. The molecule has 0 aliphatic carbocycles. The Bertz CT molecular complexity index is 391. The van der Waals surface area contributed by atoms with Gasteiger partial charge in [-0.3, -0.25) is 9.59 Å². The third-order valence-electron chi connectivity index (χ3n) is 2.60. The number of aliphatic carboxylic acids is 1. The summed E-state index contributed by atoms with van der Waals surface area (Å²) < 4.78 is 0. The standard InChI is InChI=1S/C11H16N2O3S/c1-7(9-4-3-5-17-9)13(2)11(16)8(12)6-10(14)15/h3-5,7-8H,6,12H2,1-2H3,(H,14,15). The lowest BCUT2D eigenvalue weighted by atomic mass is 10.1. The van der Waals surface area contributed by atoms with E-state index in [1.165, 1.54) is 4.90 Å². The van der Waals surface area contributed by atoms with E-state index in [1.54, 1.807) is 18.4 Å². The van der Waals surface area contributed by atoms with Crippen LogP contribution in [-0.2, 0) is 9.59 Å². The highest BCUT2D eigenvalue weighted by Gasteiger charge is 2.24. The van der Waals surface area contributed by atoms with Crippen LogP contribution in [0.15, 0.2) is 17.5 Å². The number of carboxylic acid groups (broad SMARTS) is 1. The average Bonchev–Trinajstić information content (AvgIpc) is 2.78. The Kier molecular flexibility index (Phi) is 4.65. The summed E-state index contributed by atoms with van der Waals surface area (Å²) in [6, 6.07) is 2.76. The zero-order chi connectivity index (χ0) is 13.0. The molecule has 0 aliphatic heterocycles. The molecular formula is C11H16N2O3S. The molecule has 94 valence electrons. The highest BCUT2D eigenvalue weighted by molar-refractivity contribution is 7.10. The molecule has 0 aromatic carbocycles. The maximum Gasteiger partial charge on any atom is 0.305 e. The van der Waals surface area contributed by atoms with Crippen LogP contribution in [0.25, 0.3) is 0 Å². The second-order valence-electron chi connectivity index (χ2n) is 3.84. The summed E-state index contributed by atoms with van der Waals surface area (Å²) >= 11 is 1.55. The number of carbonyl (C=O) groups excluding carboxylic acids is 1. The SMILES string of the molecule is CC(c1cccs1)N(C)C(=O)C(N)CC(=O)O. The smallest absolute Gasteiger partial charge is 0.305 e. The molecule has 0 saturated heterocycles. The number of nitrogens with two attached hydrogens (primary N) is 1. The predicted octanol–water partition coefficient (Wildman–Crippen LogP) is 1.07. The Hall–Kier alpha value is -1.40. The minimum Gasteiger partial charge on any atom is -0.481 e. The number of carboxylic acids is 1. The highest BCUT2D eigenvalue weighted by atomic mass is 32.1. The van der Waals surface area contributed by atoms with Gasteiger partial charge in [0.2, 0.25) is 5.91 Å². The lowest BCUT2D eigenvalue weighted by Crippen LogP contribution is -2.43. The first kappa shape index (κ1) is 13.7. The van der Waals surface area contributed by atoms with E-state index in [9.17, 15) is 9.59 Å². The van der Waals surface area contributed by atoms with Gasteiger partial charge in [-0.25, -0.2) is 0 Å². The summed E-state index contributed by atoms with van der Waals surface area (Å²) in [5.74, 6) is -1.42. The van der Waals surface area contributed by atoms with Crippen LogP contribution in [0.5, 0.6) is 0 Å². The average molecular weight is 256 g/mol. The molecule has 0 fully saturated rings. The fraction of sp³-hybridized carbons (Fsp3) is 0.455. The number of amides is 1. The second kappa shape index (κ2) is 5.79. The fourth-order valence-electron chi connectivity index (χ4n) is 1.45. The van der Waals surface area contributed by atoms with E-state index >= 15 is 0 Å². The number of carbonyl (C=O) groups is 2. The summed E-state index contributed by atoms with van der Waals surface area (Å²) in [5, 5.41) is 10.5. The molecule has 0 spiro atoms. The van der Waals surface area contributed by atoms with Gasteiger partial charge in [0.25, 0.3) is 0 Å². The van der Waals surface area contributed by atoms with E-state index in [0.717, 1.165) is 4.88 Å². The van der Waals surface area contributed by atoms with Crippen molar-refractivity contribution in [2.45, 2.75) is 25.4 Å². The van der Waals surface area contributed by atoms with Crippen molar-refractivity contribution in [3.05, 3.63) is 22.4 Å². The molecule has 1 heterocycles. The Morgan fingerprint density at radius 1 is 1.59 bits per heavy atom. The van der Waals surface area contributed by atoms with Gasteiger partial charge in [0.05, 0.1) is 18.5 Å². The molecule has 1 rings (SSSR count). The quantitative estimate of drug-likeness (QED) is 0.825. The van der Waals surface area contributed by atoms with Crippen molar-refractivity contribution >= 4 is 23.2 Å². The minimum absolute atomic E-state index is 0.0951. The van der Waals surface area contributed by atoms with Crippen LogP contribution in [0.2, 0.25) is 0 Å². The van der Waals surface area contributed by atoms with E-state index in [2.05, 4.69) is 0 Å². The first-order valence-electron chi connectivity index (χ1n) is 5.21. The van der Waals surface area contributed by atoms with Crippen LogP contribution < -0.4 is 5.73 Å². The van der Waals surface area contributed by atoms with E-state index in [1.807, 2.05) is 24.4 Å². The van der Waals surface area contributed by atoms with Crippen molar-refractivity contribution < 1.29 is 14.7 Å². The van der Waals surface area contributed by atoms with Gasteiger partial charge in [-0.1, -0.05) is 6.07 Å². The maximum absolute atomic E-state index is 11.9. The molecule has 0 bridgehead atoms. The molecule has 1 amide bonds. The Morgan fingerprint density at radius 3 is 2.71 bits per heavy atom. The summed E-state index contributed by atoms with van der Waals surface area (Å²) in [6.45, 7) is 1.89. The van der Waals surface area contributed by atoms with E-state index < -0.39 is 12.0 Å². The van der Waals surface area contributed by atoms with Crippen molar-refractivity contribution in [2.24, 2.45) is 5.73 Å². The molecule has 0 saturated carbocycles. The number of likely N-dealkylation sites (N-methyl/N-ethyl adjacent to an activating group) is 1. The molecule has 0 aliphatic rings. The molecule has 6 heteroatoms. The Morgan fingerprint density at radius 2 is 2.24 bits per heavy atom. The molecule has 0 radical (unpaired) electrons. The molecule has 2 unspecified atom stereocenters. The normalized spacial score (nSPS) is 14.1. The van der Waals surface area contributed by atoms with Gasteiger partial charge >= 0.3 is 5.97 Å². The zero-order valence-electron chi connectivity index (χ0n) is 9.79. The largest absolute Gasteiger partial charge is 0.481 e. The van der Waals surface area contributed by atoms with Gasteiger partial charge in [-0.2, -0.15) is 0 Å². The molecular weight excluding hydrogens is 240 g/mol. The van der Waals surface area contributed by atoms with Gasteiger partial charge in [-0.05, 0) is 18.4 Å². The first-order valence-corrected chi connectivity index (χ1v) is 6.09. The molecule has 5 nitrogen and oxygen atoms in total. The van der Waals surface area contributed by atoms with E-state index in [4.69, 9.17) is 10.8 Å². The summed E-state index contributed by atoms with van der Waals surface area (Å²) in [6.07, 6.45) is -0.347. The Balaban J connectivity index is 2.66. The van der Waals surface area contributed by atoms with Gasteiger partial charge in [0.15, 0.2) is 0 Å². The van der Waals surface area contributed by atoms with Gasteiger partial charge in [0.1, 0.15) is 0 Å². The lowest BCUT2D eigenvalue weighted by Gasteiger charge is -2.26. The minimum atomic E-state index is -1.07. The molecule has 17 heavy (non-hydrogen) atoms. The zero-order valence-corrected chi connectivity index (χ0v) is 10.6. The van der Waals surface area contributed by atoms with Crippen molar-refractivity contribution in [3.8, 4) is 0 Å². The third-order valence-corrected chi connectivity index (χ3v) is 3.64. The van der Waals surface area contributed by atoms with Crippen molar-refractivity contribution in [1.82, 2.24) is 4.90 Å². The van der Waals surface area contributed by atoms with Crippen LogP contribution in [-0.4, -0.2) is 35.0 Å². The second-order valence-corrected chi connectivity index (χ2v) is 4.82. The number of nitrogens with zero attached hydrogens (tertiary/aromatic N) is 1. The van der Waals surface area contributed by atoms with Gasteiger partial charge in [-0.15, -0.1) is 11.3 Å². The topological polar surface area (TPSA) is 83.6 Å². The predicted molar refractivity (Wildman–Crippen MR) is 65.7 cm³/mol. The number of hydrogen-bond donors (Lipinski definition) is 2. The maximum atomic E-state index is 11.9. The van der Waals surface area contributed by atoms with Crippen LogP contribution >= 0.6 is 11.3 Å². The number of thiophene rings is 1. The fourth-order valence-corrected chi connectivity index (χ4v) is 2.27. The molecule has 1 aromatic rings.